The zero-order chi connectivity index (χ0) is 15.6. The highest BCUT2D eigenvalue weighted by atomic mass is 16.6. The van der Waals surface area contributed by atoms with Crippen molar-refractivity contribution in [3.05, 3.63) is 60.2 Å². The molecule has 0 saturated carbocycles. The third-order valence-electron chi connectivity index (χ3n) is 2.90. The summed E-state index contributed by atoms with van der Waals surface area (Å²) in [6.45, 7) is 0.370. The fourth-order valence-corrected chi connectivity index (χ4v) is 1.83. The van der Waals surface area contributed by atoms with Crippen LogP contribution in [0.25, 0.3) is 0 Å². The van der Waals surface area contributed by atoms with Crippen LogP contribution >= 0.6 is 0 Å². The number of hydrogen-bond donors (Lipinski definition) is 1. The second-order valence-electron chi connectivity index (χ2n) is 4.58. The smallest absolute Gasteiger partial charge is 0.303 e. The summed E-state index contributed by atoms with van der Waals surface area (Å²) in [5.74, 6) is -0.797. The molecule has 0 bridgehead atoms. The summed E-state index contributed by atoms with van der Waals surface area (Å²) >= 11 is 0. The molecule has 0 amide bonds. The van der Waals surface area contributed by atoms with Crippen molar-refractivity contribution in [2.24, 2.45) is 5.16 Å². The molecule has 6 heteroatoms. The molecule has 6 nitrogen and oxygen atoms in total. The number of nitrogens with zero attached hydrogens (tertiary/aromatic N) is 3. The summed E-state index contributed by atoms with van der Waals surface area (Å²) in [5, 5.41) is 12.7. The Hall–Kier alpha value is -2.76. The van der Waals surface area contributed by atoms with E-state index >= 15 is 0 Å². The van der Waals surface area contributed by atoms with Crippen LogP contribution in [0.15, 0.2) is 54.1 Å². The van der Waals surface area contributed by atoms with Crippen LogP contribution in [0.2, 0.25) is 0 Å². The van der Waals surface area contributed by atoms with Gasteiger partial charge in [0.25, 0.3) is 0 Å². The van der Waals surface area contributed by atoms with E-state index in [4.69, 9.17) is 9.94 Å². The van der Waals surface area contributed by atoms with Crippen LogP contribution < -0.4 is 0 Å². The summed E-state index contributed by atoms with van der Waals surface area (Å²) in [5.41, 5.74) is 2.19. The van der Waals surface area contributed by atoms with Crippen molar-refractivity contribution in [1.82, 2.24) is 9.97 Å². The number of unbranched alkanes of at least 4 members (excludes halogenated alkanes) is 1. The lowest BCUT2D eigenvalue weighted by Crippen LogP contribution is -2.07. The normalized spacial score (nSPS) is 11.2. The van der Waals surface area contributed by atoms with E-state index in [2.05, 4.69) is 15.1 Å². The molecule has 0 aliphatic heterocycles. The van der Waals surface area contributed by atoms with E-state index in [1.54, 1.807) is 12.3 Å². The van der Waals surface area contributed by atoms with E-state index in [-0.39, 0.29) is 6.42 Å². The highest BCUT2D eigenvalue weighted by Crippen LogP contribution is 2.09. The quantitative estimate of drug-likeness (QED) is 0.460. The van der Waals surface area contributed by atoms with Crippen LogP contribution in [0, 0.1) is 0 Å². The van der Waals surface area contributed by atoms with Gasteiger partial charge < -0.3 is 9.94 Å². The van der Waals surface area contributed by atoms with Crippen molar-refractivity contribution < 1.29 is 14.7 Å². The summed E-state index contributed by atoms with van der Waals surface area (Å²) in [6.07, 6.45) is 4.46. The van der Waals surface area contributed by atoms with Crippen LogP contribution in [0.4, 0.5) is 0 Å². The van der Waals surface area contributed by atoms with Crippen molar-refractivity contribution in [2.45, 2.75) is 19.3 Å². The van der Waals surface area contributed by atoms with E-state index in [0.717, 1.165) is 5.56 Å². The third-order valence-corrected chi connectivity index (χ3v) is 2.90. The molecule has 0 aliphatic carbocycles. The maximum absolute atomic E-state index is 10.4. The Morgan fingerprint density at radius 2 is 2.00 bits per heavy atom. The topological polar surface area (TPSA) is 84.7 Å². The molecule has 0 unspecified atom stereocenters. The van der Waals surface area contributed by atoms with Crippen LogP contribution in [-0.4, -0.2) is 33.4 Å². The van der Waals surface area contributed by atoms with Gasteiger partial charge in [0.2, 0.25) is 0 Å². The number of carboxylic acids is 1. The molecular weight excluding hydrogens is 282 g/mol. The molecular formula is C16H17N3O3. The molecule has 1 aromatic heterocycles. The van der Waals surface area contributed by atoms with E-state index < -0.39 is 5.97 Å². The van der Waals surface area contributed by atoms with E-state index in [9.17, 15) is 4.79 Å². The molecule has 2 rings (SSSR count). The van der Waals surface area contributed by atoms with Crippen molar-refractivity contribution in [3.8, 4) is 0 Å². The lowest BCUT2D eigenvalue weighted by molar-refractivity contribution is -0.137. The predicted molar refractivity (Wildman–Crippen MR) is 81.6 cm³/mol. The minimum Gasteiger partial charge on any atom is -0.481 e. The Morgan fingerprint density at radius 3 is 2.68 bits per heavy atom. The molecule has 1 N–H and O–H groups in total. The molecule has 1 aromatic carbocycles. The molecule has 0 radical (unpaired) electrons. The summed E-state index contributed by atoms with van der Waals surface area (Å²) in [7, 11) is 0. The van der Waals surface area contributed by atoms with Gasteiger partial charge in [-0.25, -0.2) is 9.97 Å². The number of oxime groups is 1. The number of rotatable bonds is 8. The zero-order valence-corrected chi connectivity index (χ0v) is 12.1. The van der Waals surface area contributed by atoms with Gasteiger partial charge in [0, 0.05) is 18.2 Å². The monoisotopic (exact) mass is 299 g/mol. The first-order valence-electron chi connectivity index (χ1n) is 7.01. The fraction of sp³-hybridized carbons (Fsp3) is 0.250. The van der Waals surface area contributed by atoms with Crippen molar-refractivity contribution in [3.63, 3.8) is 0 Å². The molecule has 0 spiro atoms. The number of carbonyl (C=O) groups is 1. The van der Waals surface area contributed by atoms with Gasteiger partial charge in [-0.15, -0.1) is 0 Å². The van der Waals surface area contributed by atoms with Gasteiger partial charge in [0.05, 0.1) is 5.69 Å². The Labute approximate surface area is 128 Å². The zero-order valence-electron chi connectivity index (χ0n) is 12.1. The first kappa shape index (κ1) is 15.6. The van der Waals surface area contributed by atoms with Crippen molar-refractivity contribution in [1.29, 1.82) is 0 Å². The first-order valence-corrected chi connectivity index (χ1v) is 7.01. The summed E-state index contributed by atoms with van der Waals surface area (Å²) in [6, 6.07) is 11.4. The maximum Gasteiger partial charge on any atom is 0.303 e. The van der Waals surface area contributed by atoms with Crippen molar-refractivity contribution >= 4 is 11.7 Å². The maximum atomic E-state index is 10.4. The Balaban J connectivity index is 2.02. The SMILES string of the molecule is O=C(O)CCCCO/N=C(/c1ccccc1)c1ccncn1. The molecule has 0 atom stereocenters. The third kappa shape index (κ3) is 4.97. The fourth-order valence-electron chi connectivity index (χ4n) is 1.83. The van der Waals surface area contributed by atoms with Crippen molar-refractivity contribution in [2.75, 3.05) is 6.61 Å². The molecule has 114 valence electrons. The minimum atomic E-state index is -0.797. The molecule has 0 saturated heterocycles. The van der Waals surface area contributed by atoms with Gasteiger partial charge in [0.15, 0.2) is 0 Å². The largest absolute Gasteiger partial charge is 0.481 e. The number of carboxylic acid groups (broad SMARTS) is 1. The highest BCUT2D eigenvalue weighted by molar-refractivity contribution is 6.11. The second kappa shape index (κ2) is 8.51. The van der Waals surface area contributed by atoms with Crippen LogP contribution in [-0.2, 0) is 9.63 Å². The standard InChI is InChI=1S/C16H17N3O3/c20-15(21)8-4-5-11-22-19-16(13-6-2-1-3-7-13)14-9-10-17-12-18-14/h1-3,6-7,9-10,12H,4-5,8,11H2,(H,20,21)/b19-16-. The Bertz CT molecular complexity index is 574. The highest BCUT2D eigenvalue weighted by Gasteiger charge is 2.08. The Kier molecular flexibility index (Phi) is 6.04. The number of hydrogen-bond acceptors (Lipinski definition) is 5. The molecule has 0 aliphatic rings. The number of benzene rings is 1. The molecule has 22 heavy (non-hydrogen) atoms. The van der Waals surface area contributed by atoms with Gasteiger partial charge >= 0.3 is 5.97 Å². The van der Waals surface area contributed by atoms with Gasteiger partial charge in [-0.1, -0.05) is 35.5 Å². The first-order chi connectivity index (χ1) is 10.8. The van der Waals surface area contributed by atoms with Gasteiger partial charge in [-0.2, -0.15) is 0 Å². The minimum absolute atomic E-state index is 0.143. The summed E-state index contributed by atoms with van der Waals surface area (Å²) < 4.78 is 0. The predicted octanol–water partition coefficient (Wildman–Crippen LogP) is 2.50. The van der Waals surface area contributed by atoms with Gasteiger partial charge in [-0.3, -0.25) is 4.79 Å². The van der Waals surface area contributed by atoms with Crippen LogP contribution in [0.3, 0.4) is 0 Å². The second-order valence-corrected chi connectivity index (χ2v) is 4.58. The van der Waals surface area contributed by atoms with Gasteiger partial charge in [0.1, 0.15) is 18.6 Å². The average Bonchev–Trinajstić information content (AvgIpc) is 2.55. The van der Waals surface area contributed by atoms with E-state index in [1.165, 1.54) is 6.33 Å². The average molecular weight is 299 g/mol. The number of aromatic nitrogens is 2. The summed E-state index contributed by atoms with van der Waals surface area (Å²) in [4.78, 5) is 23.8. The molecule has 1 heterocycles. The lowest BCUT2D eigenvalue weighted by Gasteiger charge is -2.06. The Morgan fingerprint density at radius 1 is 1.18 bits per heavy atom. The van der Waals surface area contributed by atoms with E-state index in [1.807, 2.05) is 30.3 Å². The number of aliphatic carboxylic acids is 1. The molecule has 2 aromatic rings. The van der Waals surface area contributed by atoms with Crippen LogP contribution in [0.1, 0.15) is 30.5 Å². The lowest BCUT2D eigenvalue weighted by atomic mass is 10.1. The van der Waals surface area contributed by atoms with Gasteiger partial charge in [-0.05, 0) is 18.9 Å². The van der Waals surface area contributed by atoms with Crippen LogP contribution in [0.5, 0.6) is 0 Å². The molecule has 0 fully saturated rings. The van der Waals surface area contributed by atoms with E-state index in [0.29, 0.717) is 30.9 Å².